The highest BCUT2D eigenvalue weighted by Gasteiger charge is 2.04. The van der Waals surface area contributed by atoms with E-state index in [2.05, 4.69) is 31.2 Å². The third-order valence-electron chi connectivity index (χ3n) is 2.95. The van der Waals surface area contributed by atoms with E-state index < -0.39 is 0 Å². The SMILES string of the molecule is CC(Cc1ccccc1)Cc1ccc(O)cc1. The smallest absolute Gasteiger partial charge is 0.115 e. The number of hydrogen-bond donors (Lipinski definition) is 1. The predicted molar refractivity (Wildman–Crippen MR) is 71.1 cm³/mol. The van der Waals surface area contributed by atoms with Crippen LogP contribution in [-0.4, -0.2) is 5.11 Å². The summed E-state index contributed by atoms with van der Waals surface area (Å²) in [5, 5.41) is 9.23. The fourth-order valence-electron chi connectivity index (χ4n) is 2.12. The van der Waals surface area contributed by atoms with Crippen molar-refractivity contribution in [3.8, 4) is 5.75 Å². The normalized spacial score (nSPS) is 12.3. The summed E-state index contributed by atoms with van der Waals surface area (Å²) >= 11 is 0. The van der Waals surface area contributed by atoms with E-state index in [0.717, 1.165) is 12.8 Å². The third-order valence-corrected chi connectivity index (χ3v) is 2.95. The first-order valence-electron chi connectivity index (χ1n) is 6.06. The van der Waals surface area contributed by atoms with E-state index in [9.17, 15) is 5.11 Å². The molecule has 1 nitrogen and oxygen atoms in total. The van der Waals surface area contributed by atoms with Gasteiger partial charge < -0.3 is 5.11 Å². The van der Waals surface area contributed by atoms with Crippen molar-refractivity contribution in [2.75, 3.05) is 0 Å². The van der Waals surface area contributed by atoms with Crippen molar-refractivity contribution in [2.24, 2.45) is 5.92 Å². The van der Waals surface area contributed by atoms with Gasteiger partial charge in [0.25, 0.3) is 0 Å². The number of phenols is 1. The van der Waals surface area contributed by atoms with E-state index in [0.29, 0.717) is 11.7 Å². The van der Waals surface area contributed by atoms with Gasteiger partial charge in [0.15, 0.2) is 0 Å². The summed E-state index contributed by atoms with van der Waals surface area (Å²) in [5.74, 6) is 0.950. The maximum atomic E-state index is 9.23. The lowest BCUT2D eigenvalue weighted by Gasteiger charge is -2.11. The molecule has 0 aliphatic carbocycles. The van der Waals surface area contributed by atoms with Gasteiger partial charge in [-0.2, -0.15) is 0 Å². The molecule has 1 N–H and O–H groups in total. The fourth-order valence-corrected chi connectivity index (χ4v) is 2.12. The second-order valence-electron chi connectivity index (χ2n) is 4.67. The molecule has 1 atom stereocenters. The molecule has 0 aromatic heterocycles. The van der Waals surface area contributed by atoms with Crippen LogP contribution in [0.2, 0.25) is 0 Å². The summed E-state index contributed by atoms with van der Waals surface area (Å²) in [6.07, 6.45) is 2.15. The van der Waals surface area contributed by atoms with Crippen LogP contribution in [0.25, 0.3) is 0 Å². The van der Waals surface area contributed by atoms with Crippen LogP contribution >= 0.6 is 0 Å². The van der Waals surface area contributed by atoms with Gasteiger partial charge >= 0.3 is 0 Å². The Kier molecular flexibility index (Phi) is 3.81. The number of aromatic hydroxyl groups is 1. The summed E-state index contributed by atoms with van der Waals surface area (Å²) < 4.78 is 0. The topological polar surface area (TPSA) is 20.2 Å². The summed E-state index contributed by atoms with van der Waals surface area (Å²) in [6, 6.07) is 18.1. The molecule has 0 saturated heterocycles. The monoisotopic (exact) mass is 226 g/mol. The van der Waals surface area contributed by atoms with Gasteiger partial charge in [0.2, 0.25) is 0 Å². The maximum Gasteiger partial charge on any atom is 0.115 e. The predicted octanol–water partition coefficient (Wildman–Crippen LogP) is 3.81. The molecule has 1 unspecified atom stereocenters. The van der Waals surface area contributed by atoms with Crippen molar-refractivity contribution in [1.29, 1.82) is 0 Å². The second kappa shape index (κ2) is 5.53. The van der Waals surface area contributed by atoms with Crippen molar-refractivity contribution in [3.05, 3.63) is 65.7 Å². The molecule has 0 aliphatic heterocycles. The molecule has 17 heavy (non-hydrogen) atoms. The van der Waals surface area contributed by atoms with E-state index in [1.54, 1.807) is 12.1 Å². The number of phenolic OH excluding ortho intramolecular Hbond substituents is 1. The molecular weight excluding hydrogens is 208 g/mol. The van der Waals surface area contributed by atoms with E-state index in [4.69, 9.17) is 0 Å². The molecule has 2 aromatic rings. The molecule has 0 heterocycles. The molecule has 0 spiro atoms. The van der Waals surface area contributed by atoms with Crippen molar-refractivity contribution < 1.29 is 5.11 Å². The zero-order valence-corrected chi connectivity index (χ0v) is 10.1. The molecule has 0 radical (unpaired) electrons. The fraction of sp³-hybridized carbons (Fsp3) is 0.250. The Morgan fingerprint density at radius 3 is 1.94 bits per heavy atom. The van der Waals surface area contributed by atoms with Crippen molar-refractivity contribution in [3.63, 3.8) is 0 Å². The maximum absolute atomic E-state index is 9.23. The molecular formula is C16H18O. The van der Waals surface area contributed by atoms with Gasteiger partial charge in [-0.25, -0.2) is 0 Å². The van der Waals surface area contributed by atoms with Crippen LogP contribution < -0.4 is 0 Å². The first kappa shape index (κ1) is 11.7. The average molecular weight is 226 g/mol. The lowest BCUT2D eigenvalue weighted by Crippen LogP contribution is -2.03. The number of hydrogen-bond acceptors (Lipinski definition) is 1. The quantitative estimate of drug-likeness (QED) is 0.840. The van der Waals surface area contributed by atoms with Crippen LogP contribution in [0, 0.1) is 5.92 Å². The van der Waals surface area contributed by atoms with Crippen molar-refractivity contribution in [1.82, 2.24) is 0 Å². The summed E-state index contributed by atoms with van der Waals surface area (Å²) in [4.78, 5) is 0. The lowest BCUT2D eigenvalue weighted by atomic mass is 9.94. The molecule has 0 fully saturated rings. The molecule has 0 saturated carbocycles. The van der Waals surface area contributed by atoms with Gasteiger partial charge in [-0.1, -0.05) is 49.4 Å². The average Bonchev–Trinajstić information content (AvgIpc) is 2.33. The van der Waals surface area contributed by atoms with E-state index in [1.807, 2.05) is 18.2 Å². The Labute approximate surface area is 103 Å². The molecule has 2 aromatic carbocycles. The standard InChI is InChI=1S/C16H18O/c1-13(11-14-5-3-2-4-6-14)12-15-7-9-16(17)10-8-15/h2-10,13,17H,11-12H2,1H3. The minimum absolute atomic E-state index is 0.337. The van der Waals surface area contributed by atoms with Gasteiger partial charge in [-0.3, -0.25) is 0 Å². The first-order valence-corrected chi connectivity index (χ1v) is 6.06. The molecule has 2 rings (SSSR count). The Balaban J connectivity index is 1.93. The van der Waals surface area contributed by atoms with E-state index in [1.165, 1.54) is 11.1 Å². The van der Waals surface area contributed by atoms with Crippen molar-refractivity contribution >= 4 is 0 Å². The Bertz CT molecular complexity index is 445. The molecule has 0 bridgehead atoms. The first-order chi connectivity index (χ1) is 8.24. The van der Waals surface area contributed by atoms with Crippen molar-refractivity contribution in [2.45, 2.75) is 19.8 Å². The summed E-state index contributed by atoms with van der Waals surface area (Å²) in [5.41, 5.74) is 2.67. The number of benzene rings is 2. The van der Waals surface area contributed by atoms with E-state index in [-0.39, 0.29) is 0 Å². The summed E-state index contributed by atoms with van der Waals surface area (Å²) in [6.45, 7) is 2.26. The second-order valence-corrected chi connectivity index (χ2v) is 4.67. The zero-order chi connectivity index (χ0) is 12.1. The highest BCUT2D eigenvalue weighted by molar-refractivity contribution is 5.26. The zero-order valence-electron chi connectivity index (χ0n) is 10.1. The van der Waals surface area contributed by atoms with Gasteiger partial charge in [-0.05, 0) is 42.0 Å². The van der Waals surface area contributed by atoms with Crippen LogP contribution in [0.3, 0.4) is 0 Å². The van der Waals surface area contributed by atoms with Crippen LogP contribution in [0.15, 0.2) is 54.6 Å². The Morgan fingerprint density at radius 1 is 0.824 bits per heavy atom. The van der Waals surface area contributed by atoms with Crippen LogP contribution in [0.5, 0.6) is 5.75 Å². The minimum Gasteiger partial charge on any atom is -0.508 e. The molecule has 0 aliphatic rings. The van der Waals surface area contributed by atoms with E-state index >= 15 is 0 Å². The van der Waals surface area contributed by atoms with Crippen LogP contribution in [0.4, 0.5) is 0 Å². The minimum atomic E-state index is 0.337. The Hall–Kier alpha value is -1.76. The van der Waals surface area contributed by atoms with Gasteiger partial charge in [0, 0.05) is 0 Å². The third kappa shape index (κ3) is 3.63. The Morgan fingerprint density at radius 2 is 1.35 bits per heavy atom. The van der Waals surface area contributed by atoms with Gasteiger partial charge in [0.05, 0.1) is 0 Å². The highest BCUT2D eigenvalue weighted by atomic mass is 16.3. The molecule has 88 valence electrons. The van der Waals surface area contributed by atoms with Crippen LogP contribution in [0.1, 0.15) is 18.1 Å². The van der Waals surface area contributed by atoms with Gasteiger partial charge in [-0.15, -0.1) is 0 Å². The highest BCUT2D eigenvalue weighted by Crippen LogP contribution is 2.16. The molecule has 0 amide bonds. The molecule has 1 heteroatoms. The summed E-state index contributed by atoms with van der Waals surface area (Å²) in [7, 11) is 0. The van der Waals surface area contributed by atoms with Gasteiger partial charge in [0.1, 0.15) is 5.75 Å². The lowest BCUT2D eigenvalue weighted by molar-refractivity contribution is 0.474. The largest absolute Gasteiger partial charge is 0.508 e. The number of rotatable bonds is 4. The van der Waals surface area contributed by atoms with Crippen LogP contribution in [-0.2, 0) is 12.8 Å².